The minimum Gasteiger partial charge on any atom is -0.348 e. The Morgan fingerprint density at radius 2 is 1.89 bits per heavy atom. The van der Waals surface area contributed by atoms with Gasteiger partial charge in [-0.3, -0.25) is 15.6 Å². The molecular formula is C14H22N4O. The number of anilines is 1. The van der Waals surface area contributed by atoms with Gasteiger partial charge in [0.15, 0.2) is 0 Å². The van der Waals surface area contributed by atoms with Crippen molar-refractivity contribution in [2.75, 3.05) is 5.43 Å². The standard InChI is InChI=1S/C14H22N4O/c1-8-6-10(18-15)9(7-16-8)11(19)17-12-13(2,3)14(12,4)5/h6-7,12H,15H2,1-5H3,(H,16,18)(H,17,19). The molecule has 0 spiro atoms. The normalized spacial score (nSPS) is 19.9. The van der Waals surface area contributed by atoms with Gasteiger partial charge >= 0.3 is 0 Å². The predicted molar refractivity (Wildman–Crippen MR) is 75.6 cm³/mol. The van der Waals surface area contributed by atoms with Crippen LogP contribution in [0.1, 0.15) is 43.7 Å². The average molecular weight is 262 g/mol. The number of nitrogens with two attached hydrogens (primary N) is 1. The Morgan fingerprint density at radius 1 is 1.32 bits per heavy atom. The third-order valence-corrected chi connectivity index (χ3v) is 4.74. The molecule has 5 heteroatoms. The van der Waals surface area contributed by atoms with E-state index < -0.39 is 0 Å². The zero-order valence-electron chi connectivity index (χ0n) is 12.2. The summed E-state index contributed by atoms with van der Waals surface area (Å²) in [4.78, 5) is 16.5. The second-order valence-corrected chi connectivity index (χ2v) is 6.37. The molecule has 0 unspecified atom stereocenters. The molecule has 0 aliphatic heterocycles. The fraction of sp³-hybridized carbons (Fsp3) is 0.571. The predicted octanol–water partition coefficient (Wildman–Crippen LogP) is 1.84. The van der Waals surface area contributed by atoms with Crippen LogP contribution in [0.5, 0.6) is 0 Å². The van der Waals surface area contributed by atoms with Gasteiger partial charge in [0.25, 0.3) is 5.91 Å². The minimum atomic E-state index is -0.135. The summed E-state index contributed by atoms with van der Waals surface area (Å²) in [7, 11) is 0. The van der Waals surface area contributed by atoms with Crippen LogP contribution in [0, 0.1) is 17.8 Å². The van der Waals surface area contributed by atoms with Gasteiger partial charge in [0.05, 0.1) is 11.3 Å². The summed E-state index contributed by atoms with van der Waals surface area (Å²) >= 11 is 0. The lowest BCUT2D eigenvalue weighted by atomic mass is 10.0. The number of aryl methyl sites for hydroxylation is 1. The maximum absolute atomic E-state index is 12.3. The van der Waals surface area contributed by atoms with Crippen molar-refractivity contribution in [3.8, 4) is 0 Å². The second kappa shape index (κ2) is 4.20. The quantitative estimate of drug-likeness (QED) is 0.573. The first-order valence-electron chi connectivity index (χ1n) is 6.46. The molecule has 1 saturated carbocycles. The summed E-state index contributed by atoms with van der Waals surface area (Å²) in [6, 6.07) is 1.93. The van der Waals surface area contributed by atoms with Crippen LogP contribution in [0.3, 0.4) is 0 Å². The van der Waals surface area contributed by atoms with Crippen LogP contribution in [-0.2, 0) is 0 Å². The van der Waals surface area contributed by atoms with Crippen LogP contribution in [0.4, 0.5) is 5.69 Å². The van der Waals surface area contributed by atoms with Gasteiger partial charge in [0.1, 0.15) is 0 Å². The molecule has 0 saturated heterocycles. The summed E-state index contributed by atoms with van der Waals surface area (Å²) in [5.41, 5.74) is 4.66. The van der Waals surface area contributed by atoms with Gasteiger partial charge in [-0.25, -0.2) is 0 Å². The Bertz CT molecular complexity index is 508. The number of carbonyl (C=O) groups excluding carboxylic acids is 1. The van der Waals surface area contributed by atoms with E-state index >= 15 is 0 Å². The summed E-state index contributed by atoms with van der Waals surface area (Å²) in [5.74, 6) is 5.32. The highest BCUT2D eigenvalue weighted by Crippen LogP contribution is 2.62. The van der Waals surface area contributed by atoms with E-state index in [0.717, 1.165) is 5.69 Å². The van der Waals surface area contributed by atoms with E-state index in [9.17, 15) is 4.79 Å². The van der Waals surface area contributed by atoms with E-state index in [1.54, 1.807) is 12.3 Å². The fourth-order valence-corrected chi connectivity index (χ4v) is 2.63. The Labute approximate surface area is 114 Å². The van der Waals surface area contributed by atoms with E-state index in [1.807, 2.05) is 6.92 Å². The first-order valence-corrected chi connectivity index (χ1v) is 6.46. The molecular weight excluding hydrogens is 240 g/mol. The van der Waals surface area contributed by atoms with Crippen molar-refractivity contribution in [2.24, 2.45) is 16.7 Å². The van der Waals surface area contributed by atoms with Gasteiger partial charge in [-0.2, -0.15) is 0 Å². The van der Waals surface area contributed by atoms with Crippen LogP contribution < -0.4 is 16.6 Å². The number of amides is 1. The van der Waals surface area contributed by atoms with E-state index in [-0.39, 0.29) is 22.8 Å². The first kappa shape index (κ1) is 13.8. The molecule has 0 atom stereocenters. The molecule has 5 nitrogen and oxygen atoms in total. The van der Waals surface area contributed by atoms with E-state index in [4.69, 9.17) is 5.84 Å². The Kier molecular flexibility index (Phi) is 3.05. The maximum Gasteiger partial charge on any atom is 0.255 e. The van der Waals surface area contributed by atoms with Crippen LogP contribution >= 0.6 is 0 Å². The molecule has 1 aromatic rings. The number of pyridine rings is 1. The Balaban J connectivity index is 2.18. The number of nitrogens with zero attached hydrogens (tertiary/aromatic N) is 1. The third kappa shape index (κ3) is 2.08. The highest BCUT2D eigenvalue weighted by atomic mass is 16.1. The van der Waals surface area contributed by atoms with Crippen LogP contribution in [0.25, 0.3) is 0 Å². The van der Waals surface area contributed by atoms with E-state index in [1.165, 1.54) is 0 Å². The summed E-state index contributed by atoms with van der Waals surface area (Å²) in [5, 5.41) is 3.07. The van der Waals surface area contributed by atoms with Crippen molar-refractivity contribution < 1.29 is 4.79 Å². The van der Waals surface area contributed by atoms with Gasteiger partial charge in [-0.05, 0) is 23.8 Å². The van der Waals surface area contributed by atoms with Crippen molar-refractivity contribution in [1.82, 2.24) is 10.3 Å². The monoisotopic (exact) mass is 262 g/mol. The maximum atomic E-state index is 12.3. The molecule has 104 valence electrons. The lowest BCUT2D eigenvalue weighted by molar-refractivity contribution is 0.0944. The highest BCUT2D eigenvalue weighted by Gasteiger charge is 2.65. The Morgan fingerprint density at radius 3 is 2.37 bits per heavy atom. The lowest BCUT2D eigenvalue weighted by Crippen LogP contribution is -2.31. The SMILES string of the molecule is Cc1cc(NN)c(C(=O)NC2C(C)(C)C2(C)C)cn1. The summed E-state index contributed by atoms with van der Waals surface area (Å²) < 4.78 is 0. The number of nitrogen functional groups attached to an aromatic ring is 1. The average Bonchev–Trinajstić information content (AvgIpc) is 2.71. The smallest absolute Gasteiger partial charge is 0.255 e. The number of carbonyl (C=O) groups is 1. The molecule has 4 N–H and O–H groups in total. The molecule has 1 aliphatic rings. The third-order valence-electron chi connectivity index (χ3n) is 4.74. The molecule has 19 heavy (non-hydrogen) atoms. The fourth-order valence-electron chi connectivity index (χ4n) is 2.63. The number of nitrogens with one attached hydrogen (secondary N) is 2. The largest absolute Gasteiger partial charge is 0.348 e. The Hall–Kier alpha value is -1.62. The van der Waals surface area contributed by atoms with Crippen LogP contribution in [0.15, 0.2) is 12.3 Å². The zero-order valence-corrected chi connectivity index (χ0v) is 12.2. The number of hydrogen-bond donors (Lipinski definition) is 3. The van der Waals surface area contributed by atoms with Crippen LogP contribution in [-0.4, -0.2) is 16.9 Å². The van der Waals surface area contributed by atoms with Crippen molar-refractivity contribution >= 4 is 11.6 Å². The molecule has 2 rings (SSSR count). The van der Waals surface area contributed by atoms with E-state index in [0.29, 0.717) is 11.3 Å². The van der Waals surface area contributed by atoms with Crippen molar-refractivity contribution in [2.45, 2.75) is 40.7 Å². The van der Waals surface area contributed by atoms with E-state index in [2.05, 4.69) is 43.4 Å². The number of hydrazine groups is 1. The second-order valence-electron chi connectivity index (χ2n) is 6.37. The topological polar surface area (TPSA) is 80.0 Å². The van der Waals surface area contributed by atoms with Gasteiger partial charge < -0.3 is 10.7 Å². The first-order chi connectivity index (χ1) is 8.71. The minimum absolute atomic E-state index is 0.108. The zero-order chi connectivity index (χ0) is 14.4. The summed E-state index contributed by atoms with van der Waals surface area (Å²) in [6.07, 6.45) is 1.56. The lowest BCUT2D eigenvalue weighted by Gasteiger charge is -2.11. The molecule has 0 aromatic carbocycles. The van der Waals surface area contributed by atoms with Crippen molar-refractivity contribution in [3.63, 3.8) is 0 Å². The van der Waals surface area contributed by atoms with Gasteiger partial charge in [0.2, 0.25) is 0 Å². The molecule has 1 aliphatic carbocycles. The van der Waals surface area contributed by atoms with Crippen molar-refractivity contribution in [1.29, 1.82) is 0 Å². The molecule has 1 aromatic heterocycles. The van der Waals surface area contributed by atoms with Crippen LogP contribution in [0.2, 0.25) is 0 Å². The van der Waals surface area contributed by atoms with Gasteiger partial charge in [-0.15, -0.1) is 0 Å². The molecule has 1 fully saturated rings. The molecule has 0 radical (unpaired) electrons. The number of aromatic nitrogens is 1. The van der Waals surface area contributed by atoms with Gasteiger partial charge in [0, 0.05) is 17.9 Å². The van der Waals surface area contributed by atoms with Crippen molar-refractivity contribution in [3.05, 3.63) is 23.5 Å². The van der Waals surface area contributed by atoms with Gasteiger partial charge in [-0.1, -0.05) is 27.7 Å². The summed E-state index contributed by atoms with van der Waals surface area (Å²) in [6.45, 7) is 10.5. The number of hydrogen-bond acceptors (Lipinski definition) is 4. The molecule has 1 heterocycles. The molecule has 1 amide bonds. The highest BCUT2D eigenvalue weighted by molar-refractivity contribution is 5.99. The number of rotatable bonds is 3. The molecule has 0 bridgehead atoms.